The van der Waals surface area contributed by atoms with Crippen LogP contribution in [0.25, 0.3) is 0 Å². The summed E-state index contributed by atoms with van der Waals surface area (Å²) in [5, 5.41) is 6.80. The van der Waals surface area contributed by atoms with Crippen molar-refractivity contribution in [1.82, 2.24) is 10.6 Å². The fourth-order valence-electron chi connectivity index (χ4n) is 1.78. The first-order valence-corrected chi connectivity index (χ1v) is 7.79. The van der Waals surface area contributed by atoms with Gasteiger partial charge in [0.05, 0.1) is 0 Å². The number of nitrogens with one attached hydrogen (secondary N) is 2. The second kappa shape index (κ2) is 9.64. The highest BCUT2D eigenvalue weighted by molar-refractivity contribution is 6.30. The van der Waals surface area contributed by atoms with Gasteiger partial charge in [0, 0.05) is 23.7 Å². The van der Waals surface area contributed by atoms with E-state index < -0.39 is 0 Å². The molecule has 0 atom stereocenters. The molecule has 118 valence electrons. The average molecular weight is 313 g/mol. The van der Waals surface area contributed by atoms with Crippen LogP contribution in [0.4, 0.5) is 0 Å². The molecule has 1 aromatic carbocycles. The molecule has 0 heterocycles. The number of hydrogen-bond acceptors (Lipinski definition) is 3. The lowest BCUT2D eigenvalue weighted by molar-refractivity contribution is -0.123. The number of carbonyl (C=O) groups is 1. The number of halogens is 1. The van der Waals surface area contributed by atoms with E-state index in [1.54, 1.807) is 6.07 Å². The second-order valence-corrected chi connectivity index (χ2v) is 5.85. The third-order valence-electron chi connectivity index (χ3n) is 2.82. The predicted molar refractivity (Wildman–Crippen MR) is 86.8 cm³/mol. The quantitative estimate of drug-likeness (QED) is 0.737. The Hall–Kier alpha value is -1.26. The molecule has 0 unspecified atom stereocenters. The zero-order chi connectivity index (χ0) is 15.7. The molecular weight excluding hydrogens is 288 g/mol. The molecule has 0 saturated heterocycles. The van der Waals surface area contributed by atoms with Gasteiger partial charge in [-0.1, -0.05) is 32.4 Å². The fraction of sp³-hybridized carbons (Fsp3) is 0.562. The monoisotopic (exact) mass is 312 g/mol. The maximum Gasteiger partial charge on any atom is 0.257 e. The number of rotatable bonds is 9. The van der Waals surface area contributed by atoms with E-state index in [1.165, 1.54) is 0 Å². The molecule has 0 aliphatic rings. The van der Waals surface area contributed by atoms with Crippen molar-refractivity contribution in [1.29, 1.82) is 0 Å². The second-order valence-electron chi connectivity index (χ2n) is 5.42. The number of benzene rings is 1. The van der Waals surface area contributed by atoms with Crippen molar-refractivity contribution in [3.05, 3.63) is 28.8 Å². The van der Waals surface area contributed by atoms with Gasteiger partial charge in [-0.15, -0.1) is 0 Å². The maximum absolute atomic E-state index is 11.6. The van der Waals surface area contributed by atoms with Gasteiger partial charge >= 0.3 is 0 Å². The third kappa shape index (κ3) is 7.34. The lowest BCUT2D eigenvalue weighted by Crippen LogP contribution is -2.29. The van der Waals surface area contributed by atoms with Crippen LogP contribution in [0.2, 0.25) is 5.02 Å². The molecule has 1 amide bonds. The van der Waals surface area contributed by atoms with E-state index in [0.29, 0.717) is 29.8 Å². The highest BCUT2D eigenvalue weighted by Gasteiger charge is 2.08. The first-order chi connectivity index (χ1) is 10.0. The van der Waals surface area contributed by atoms with Gasteiger partial charge < -0.3 is 15.4 Å². The van der Waals surface area contributed by atoms with Gasteiger partial charge in [-0.25, -0.2) is 0 Å². The molecule has 5 heteroatoms. The number of hydrogen-bond donors (Lipinski definition) is 2. The largest absolute Gasteiger partial charge is 0.483 e. The van der Waals surface area contributed by atoms with E-state index in [-0.39, 0.29) is 12.5 Å². The van der Waals surface area contributed by atoms with Crippen LogP contribution in [0.3, 0.4) is 0 Å². The predicted octanol–water partition coefficient (Wildman–Crippen LogP) is 2.99. The Morgan fingerprint density at radius 1 is 1.38 bits per heavy atom. The van der Waals surface area contributed by atoms with E-state index in [0.717, 1.165) is 18.5 Å². The van der Waals surface area contributed by atoms with Crippen molar-refractivity contribution >= 4 is 17.5 Å². The summed E-state index contributed by atoms with van der Waals surface area (Å²) in [6, 6.07) is 5.45. The summed E-state index contributed by atoms with van der Waals surface area (Å²) < 4.78 is 5.60. The zero-order valence-corrected chi connectivity index (χ0v) is 13.8. The molecule has 0 bridgehead atoms. The SMILES string of the molecule is CCCNC(=O)COc1ccc(Cl)cc1CNCC(C)C. The molecule has 0 aliphatic carbocycles. The molecule has 0 spiro atoms. The number of amides is 1. The van der Waals surface area contributed by atoms with Crippen LogP contribution in [0, 0.1) is 5.92 Å². The van der Waals surface area contributed by atoms with Gasteiger partial charge in [0.1, 0.15) is 5.75 Å². The van der Waals surface area contributed by atoms with Crippen molar-refractivity contribution in [2.24, 2.45) is 5.92 Å². The Morgan fingerprint density at radius 3 is 2.81 bits per heavy atom. The lowest BCUT2D eigenvalue weighted by Gasteiger charge is -2.13. The summed E-state index contributed by atoms with van der Waals surface area (Å²) in [5.41, 5.74) is 0.964. The van der Waals surface area contributed by atoms with Crippen molar-refractivity contribution in [2.75, 3.05) is 19.7 Å². The fourth-order valence-corrected chi connectivity index (χ4v) is 1.98. The Kier molecular flexibility index (Phi) is 8.16. The highest BCUT2D eigenvalue weighted by atomic mass is 35.5. The Balaban J connectivity index is 2.57. The maximum atomic E-state index is 11.6. The van der Waals surface area contributed by atoms with Gasteiger partial charge in [-0.2, -0.15) is 0 Å². The lowest BCUT2D eigenvalue weighted by atomic mass is 10.2. The van der Waals surface area contributed by atoms with E-state index >= 15 is 0 Å². The van der Waals surface area contributed by atoms with Crippen LogP contribution >= 0.6 is 11.6 Å². The number of carbonyl (C=O) groups excluding carboxylic acids is 1. The minimum atomic E-state index is -0.104. The van der Waals surface area contributed by atoms with Crippen molar-refractivity contribution in [3.8, 4) is 5.75 Å². The molecule has 2 N–H and O–H groups in total. The third-order valence-corrected chi connectivity index (χ3v) is 3.06. The number of ether oxygens (including phenoxy) is 1. The van der Waals surface area contributed by atoms with E-state index in [4.69, 9.17) is 16.3 Å². The molecule has 1 rings (SSSR count). The van der Waals surface area contributed by atoms with Gasteiger partial charge in [0.25, 0.3) is 5.91 Å². The smallest absolute Gasteiger partial charge is 0.257 e. The normalized spacial score (nSPS) is 10.7. The molecule has 0 aliphatic heterocycles. The minimum Gasteiger partial charge on any atom is -0.483 e. The Bertz CT molecular complexity index is 450. The van der Waals surface area contributed by atoms with Crippen LogP contribution in [0.5, 0.6) is 5.75 Å². The highest BCUT2D eigenvalue weighted by Crippen LogP contribution is 2.22. The Morgan fingerprint density at radius 2 is 2.14 bits per heavy atom. The van der Waals surface area contributed by atoms with Crippen molar-refractivity contribution in [2.45, 2.75) is 33.7 Å². The molecule has 1 aromatic rings. The first-order valence-electron chi connectivity index (χ1n) is 7.41. The van der Waals surface area contributed by atoms with Crippen LogP contribution in [0.15, 0.2) is 18.2 Å². The summed E-state index contributed by atoms with van der Waals surface area (Å²) in [6.45, 7) is 8.61. The molecule has 0 aromatic heterocycles. The summed E-state index contributed by atoms with van der Waals surface area (Å²) in [5.74, 6) is 1.17. The summed E-state index contributed by atoms with van der Waals surface area (Å²) >= 11 is 6.03. The topological polar surface area (TPSA) is 50.4 Å². The van der Waals surface area contributed by atoms with Crippen LogP contribution in [-0.4, -0.2) is 25.6 Å². The van der Waals surface area contributed by atoms with Crippen molar-refractivity contribution < 1.29 is 9.53 Å². The summed E-state index contributed by atoms with van der Waals surface area (Å²) in [6.07, 6.45) is 0.914. The van der Waals surface area contributed by atoms with Gasteiger partial charge in [-0.05, 0) is 37.1 Å². The molecule has 21 heavy (non-hydrogen) atoms. The van der Waals surface area contributed by atoms with Gasteiger partial charge in [0.15, 0.2) is 6.61 Å². The van der Waals surface area contributed by atoms with E-state index in [9.17, 15) is 4.79 Å². The molecule has 0 fully saturated rings. The van der Waals surface area contributed by atoms with Crippen LogP contribution in [-0.2, 0) is 11.3 Å². The van der Waals surface area contributed by atoms with E-state index in [2.05, 4.69) is 24.5 Å². The minimum absolute atomic E-state index is 0.0266. The van der Waals surface area contributed by atoms with Gasteiger partial charge in [-0.3, -0.25) is 4.79 Å². The molecule has 0 saturated carbocycles. The zero-order valence-electron chi connectivity index (χ0n) is 13.0. The molecule has 4 nitrogen and oxygen atoms in total. The van der Waals surface area contributed by atoms with Crippen LogP contribution in [0.1, 0.15) is 32.8 Å². The van der Waals surface area contributed by atoms with Crippen molar-refractivity contribution in [3.63, 3.8) is 0 Å². The van der Waals surface area contributed by atoms with Gasteiger partial charge in [0.2, 0.25) is 0 Å². The van der Waals surface area contributed by atoms with E-state index in [1.807, 2.05) is 19.1 Å². The Labute approximate surface area is 132 Å². The summed E-state index contributed by atoms with van der Waals surface area (Å²) in [7, 11) is 0. The molecular formula is C16H25ClN2O2. The summed E-state index contributed by atoms with van der Waals surface area (Å²) in [4.78, 5) is 11.6. The molecule has 0 radical (unpaired) electrons. The standard InChI is InChI=1S/C16H25ClN2O2/c1-4-7-19-16(20)11-21-15-6-5-14(17)8-13(15)10-18-9-12(2)3/h5-6,8,12,18H,4,7,9-11H2,1-3H3,(H,19,20). The van der Waals surface area contributed by atoms with Crippen LogP contribution < -0.4 is 15.4 Å². The average Bonchev–Trinajstić information content (AvgIpc) is 2.43. The first kappa shape index (κ1) is 17.8.